The maximum Gasteiger partial charge on any atom is 0.191 e. The van der Waals surface area contributed by atoms with Gasteiger partial charge in [0.15, 0.2) is 5.96 Å². The van der Waals surface area contributed by atoms with Gasteiger partial charge in [0.1, 0.15) is 17.3 Å². The number of aromatic nitrogens is 1. The minimum atomic E-state index is -0.249. The molecule has 0 aliphatic carbocycles. The number of likely N-dealkylation sites (tertiary alicyclic amines) is 1. The molecule has 2 N–H and O–H groups in total. The molecule has 0 spiro atoms. The van der Waals surface area contributed by atoms with E-state index in [1.807, 2.05) is 55.5 Å². The number of hydrogen-bond acceptors (Lipinski definition) is 4. The van der Waals surface area contributed by atoms with Gasteiger partial charge in [-0.3, -0.25) is 0 Å². The standard InChI is InChI=1S/C26H32FN5O/c1-18(20-9-10-23(24(27)15-20)19-7-5-4-6-8-19)25-16-21(30-33-25)17-29-26(28)32-13-11-22(12-14-32)31(2)3/h4-10,15-16,18,22H,11-14,17H2,1-3H3,(H2,28,29). The molecule has 174 valence electrons. The molecule has 1 fully saturated rings. The van der Waals surface area contributed by atoms with Crippen molar-refractivity contribution < 1.29 is 8.91 Å². The molecule has 3 aromatic rings. The van der Waals surface area contributed by atoms with Crippen molar-refractivity contribution in [2.45, 2.75) is 38.3 Å². The van der Waals surface area contributed by atoms with Crippen LogP contribution in [0.2, 0.25) is 0 Å². The number of guanidine groups is 1. The molecule has 33 heavy (non-hydrogen) atoms. The minimum Gasteiger partial charge on any atom is -0.370 e. The molecule has 1 saturated heterocycles. The van der Waals surface area contributed by atoms with Gasteiger partial charge in [0.2, 0.25) is 0 Å². The fourth-order valence-electron chi connectivity index (χ4n) is 4.30. The third-order valence-electron chi connectivity index (χ3n) is 6.50. The second-order valence-electron chi connectivity index (χ2n) is 8.90. The monoisotopic (exact) mass is 449 g/mol. The first-order chi connectivity index (χ1) is 15.9. The highest BCUT2D eigenvalue weighted by Gasteiger charge is 2.22. The lowest BCUT2D eigenvalue weighted by atomic mass is 9.95. The Morgan fingerprint density at radius 1 is 1.18 bits per heavy atom. The third kappa shape index (κ3) is 5.42. The Bertz CT molecular complexity index is 1090. The van der Waals surface area contributed by atoms with Gasteiger partial charge in [-0.1, -0.05) is 54.5 Å². The maximum atomic E-state index is 14.8. The van der Waals surface area contributed by atoms with Crippen LogP contribution in [0.5, 0.6) is 0 Å². The smallest absolute Gasteiger partial charge is 0.191 e. The number of hydrogen-bond donors (Lipinski definition) is 1. The molecule has 1 atom stereocenters. The van der Waals surface area contributed by atoms with Crippen molar-refractivity contribution in [3.63, 3.8) is 0 Å². The maximum absolute atomic E-state index is 14.8. The number of benzene rings is 2. The third-order valence-corrected chi connectivity index (χ3v) is 6.50. The van der Waals surface area contributed by atoms with Crippen molar-refractivity contribution in [1.29, 1.82) is 0 Å². The molecule has 1 unspecified atom stereocenters. The van der Waals surface area contributed by atoms with Crippen LogP contribution < -0.4 is 5.73 Å². The lowest BCUT2D eigenvalue weighted by Crippen LogP contribution is -2.47. The summed E-state index contributed by atoms with van der Waals surface area (Å²) in [6.07, 6.45) is 2.16. The van der Waals surface area contributed by atoms with Crippen LogP contribution in [-0.4, -0.2) is 54.1 Å². The zero-order valence-corrected chi connectivity index (χ0v) is 19.5. The van der Waals surface area contributed by atoms with Crippen molar-refractivity contribution in [2.75, 3.05) is 27.2 Å². The molecule has 2 aromatic carbocycles. The molecule has 1 aromatic heterocycles. The van der Waals surface area contributed by atoms with Gasteiger partial charge in [-0.05, 0) is 44.1 Å². The summed E-state index contributed by atoms with van der Waals surface area (Å²) in [5, 5.41) is 4.15. The number of halogens is 1. The van der Waals surface area contributed by atoms with E-state index in [1.165, 1.54) is 0 Å². The lowest BCUT2D eigenvalue weighted by Gasteiger charge is -2.35. The molecule has 0 amide bonds. The number of nitrogens with two attached hydrogens (primary N) is 1. The van der Waals surface area contributed by atoms with Gasteiger partial charge in [-0.2, -0.15) is 0 Å². The molecular formula is C26H32FN5O. The number of nitrogens with zero attached hydrogens (tertiary/aromatic N) is 4. The number of piperidine rings is 1. The van der Waals surface area contributed by atoms with E-state index in [1.54, 1.807) is 6.07 Å². The van der Waals surface area contributed by atoms with Gasteiger partial charge in [0, 0.05) is 36.7 Å². The van der Waals surface area contributed by atoms with Crippen LogP contribution in [0.3, 0.4) is 0 Å². The van der Waals surface area contributed by atoms with Gasteiger partial charge >= 0.3 is 0 Å². The van der Waals surface area contributed by atoms with Crippen molar-refractivity contribution in [3.05, 3.63) is 77.4 Å². The van der Waals surface area contributed by atoms with E-state index >= 15 is 0 Å². The summed E-state index contributed by atoms with van der Waals surface area (Å²) in [5.41, 5.74) is 9.21. The van der Waals surface area contributed by atoms with Crippen LogP contribution in [0.15, 0.2) is 64.1 Å². The van der Waals surface area contributed by atoms with Gasteiger partial charge in [-0.15, -0.1) is 0 Å². The predicted octanol–water partition coefficient (Wildman–Crippen LogP) is 4.47. The Balaban J connectivity index is 1.39. The number of rotatable bonds is 6. The summed E-state index contributed by atoms with van der Waals surface area (Å²) in [7, 11) is 4.24. The van der Waals surface area contributed by atoms with E-state index in [-0.39, 0.29) is 11.7 Å². The summed E-state index contributed by atoms with van der Waals surface area (Å²) in [4.78, 5) is 8.91. The van der Waals surface area contributed by atoms with E-state index in [0.29, 0.717) is 35.6 Å². The number of aliphatic imine (C=N–C) groups is 1. The average Bonchev–Trinajstić information content (AvgIpc) is 3.31. The fourth-order valence-corrected chi connectivity index (χ4v) is 4.30. The summed E-state index contributed by atoms with van der Waals surface area (Å²) < 4.78 is 20.3. The summed E-state index contributed by atoms with van der Waals surface area (Å²) >= 11 is 0. The van der Waals surface area contributed by atoms with Crippen LogP contribution >= 0.6 is 0 Å². The highest BCUT2D eigenvalue weighted by molar-refractivity contribution is 5.78. The average molecular weight is 450 g/mol. The topological polar surface area (TPSA) is 70.9 Å². The highest BCUT2D eigenvalue weighted by atomic mass is 19.1. The molecule has 4 rings (SSSR count). The van der Waals surface area contributed by atoms with Crippen LogP contribution in [0, 0.1) is 5.82 Å². The lowest BCUT2D eigenvalue weighted by molar-refractivity contribution is 0.190. The Kier molecular flexibility index (Phi) is 7.08. The van der Waals surface area contributed by atoms with Crippen molar-refractivity contribution in [2.24, 2.45) is 10.7 Å². The van der Waals surface area contributed by atoms with Gasteiger partial charge in [0.25, 0.3) is 0 Å². The molecule has 6 nitrogen and oxygen atoms in total. The highest BCUT2D eigenvalue weighted by Crippen LogP contribution is 2.30. The molecule has 0 bridgehead atoms. The van der Waals surface area contributed by atoms with Gasteiger partial charge < -0.3 is 20.1 Å². The summed E-state index contributed by atoms with van der Waals surface area (Å²) in [5.74, 6) is 0.846. The van der Waals surface area contributed by atoms with Crippen molar-refractivity contribution in [3.8, 4) is 11.1 Å². The van der Waals surface area contributed by atoms with E-state index in [9.17, 15) is 4.39 Å². The molecular weight excluding hydrogens is 417 g/mol. The molecule has 1 aliphatic heterocycles. The predicted molar refractivity (Wildman–Crippen MR) is 129 cm³/mol. The van der Waals surface area contributed by atoms with Gasteiger partial charge in [-0.25, -0.2) is 9.38 Å². The molecule has 7 heteroatoms. The minimum absolute atomic E-state index is 0.128. The quantitative estimate of drug-likeness (QED) is 0.444. The Labute approximate surface area is 194 Å². The Morgan fingerprint density at radius 2 is 1.91 bits per heavy atom. The van der Waals surface area contributed by atoms with E-state index in [4.69, 9.17) is 10.3 Å². The zero-order valence-electron chi connectivity index (χ0n) is 19.5. The van der Waals surface area contributed by atoms with Crippen molar-refractivity contribution >= 4 is 5.96 Å². The van der Waals surface area contributed by atoms with Crippen LogP contribution in [0.1, 0.15) is 42.7 Å². The van der Waals surface area contributed by atoms with Gasteiger partial charge in [0.05, 0.1) is 6.54 Å². The first-order valence-corrected chi connectivity index (χ1v) is 11.4. The molecule has 0 radical (unpaired) electrons. The first-order valence-electron chi connectivity index (χ1n) is 11.4. The molecule has 2 heterocycles. The second-order valence-corrected chi connectivity index (χ2v) is 8.90. The van der Waals surface area contributed by atoms with Crippen LogP contribution in [0.25, 0.3) is 11.1 Å². The summed E-state index contributed by atoms with van der Waals surface area (Å²) in [6, 6.07) is 17.3. The van der Waals surface area contributed by atoms with Crippen LogP contribution in [-0.2, 0) is 6.54 Å². The largest absolute Gasteiger partial charge is 0.370 e. The summed E-state index contributed by atoms with van der Waals surface area (Å²) in [6.45, 7) is 4.15. The zero-order chi connectivity index (χ0) is 23.4. The van der Waals surface area contributed by atoms with Crippen molar-refractivity contribution in [1.82, 2.24) is 15.0 Å². The second kappa shape index (κ2) is 10.2. The molecule has 0 saturated carbocycles. The first kappa shape index (κ1) is 23.0. The Hall–Kier alpha value is -3.19. The normalized spacial score (nSPS) is 16.4. The fraction of sp³-hybridized carbons (Fsp3) is 0.385. The molecule has 1 aliphatic rings. The Morgan fingerprint density at radius 3 is 2.58 bits per heavy atom. The van der Waals surface area contributed by atoms with E-state index < -0.39 is 0 Å². The van der Waals surface area contributed by atoms with Crippen LogP contribution in [0.4, 0.5) is 4.39 Å². The SMILES string of the molecule is CC(c1ccc(-c2ccccc2)c(F)c1)c1cc(C/N=C(/N)N2CCC(N(C)C)CC2)no1. The van der Waals surface area contributed by atoms with E-state index in [2.05, 4.69) is 34.0 Å². The van der Waals surface area contributed by atoms with E-state index in [0.717, 1.165) is 37.1 Å².